The number of fused-ring (bicyclic) bond motifs is 1. The minimum Gasteiger partial charge on any atom is -0.363 e. The van der Waals surface area contributed by atoms with E-state index in [9.17, 15) is 18.0 Å². The van der Waals surface area contributed by atoms with Crippen LogP contribution in [0.2, 0.25) is 10.0 Å². The van der Waals surface area contributed by atoms with E-state index in [1.807, 2.05) is 6.92 Å². The number of hydrogen-bond donors (Lipinski definition) is 1. The second-order valence-electron chi connectivity index (χ2n) is 7.87. The van der Waals surface area contributed by atoms with Crippen LogP contribution in [0.4, 0.5) is 19.0 Å². The van der Waals surface area contributed by atoms with Gasteiger partial charge in [-0.1, -0.05) is 29.3 Å². The molecule has 0 saturated carbocycles. The molecule has 0 bridgehead atoms. The zero-order chi connectivity index (χ0) is 21.6. The van der Waals surface area contributed by atoms with Crippen LogP contribution in [-0.4, -0.2) is 39.4 Å². The van der Waals surface area contributed by atoms with Crippen molar-refractivity contribution >= 4 is 34.9 Å². The molecule has 30 heavy (non-hydrogen) atoms. The normalized spacial score (nSPS) is 24.3. The summed E-state index contributed by atoms with van der Waals surface area (Å²) in [7, 11) is 0. The molecule has 5 nitrogen and oxygen atoms in total. The number of likely N-dealkylation sites (tertiary alicyclic amines) is 1. The topological polar surface area (TPSA) is 50.2 Å². The lowest BCUT2D eigenvalue weighted by Crippen LogP contribution is -2.42. The van der Waals surface area contributed by atoms with Crippen molar-refractivity contribution in [1.82, 2.24) is 14.7 Å². The number of benzene rings is 1. The van der Waals surface area contributed by atoms with Crippen LogP contribution in [0, 0.1) is 0 Å². The zero-order valence-corrected chi connectivity index (χ0v) is 17.7. The summed E-state index contributed by atoms with van der Waals surface area (Å²) < 4.78 is 42.4. The second-order valence-corrected chi connectivity index (χ2v) is 8.68. The first-order valence-electron chi connectivity index (χ1n) is 9.84. The van der Waals surface area contributed by atoms with E-state index in [-0.39, 0.29) is 34.9 Å². The van der Waals surface area contributed by atoms with E-state index in [1.165, 1.54) is 6.07 Å². The molecule has 2 aliphatic rings. The fourth-order valence-electron chi connectivity index (χ4n) is 4.17. The molecule has 1 saturated heterocycles. The second kappa shape index (κ2) is 7.96. The van der Waals surface area contributed by atoms with Crippen LogP contribution >= 0.6 is 23.2 Å². The van der Waals surface area contributed by atoms with Crippen LogP contribution in [0.5, 0.6) is 0 Å². The lowest BCUT2D eigenvalue weighted by atomic mass is 9.97. The molecule has 0 aliphatic carbocycles. The van der Waals surface area contributed by atoms with Gasteiger partial charge < -0.3 is 10.2 Å². The fourth-order valence-corrected chi connectivity index (χ4v) is 4.48. The highest BCUT2D eigenvalue weighted by Gasteiger charge is 2.47. The van der Waals surface area contributed by atoms with Crippen molar-refractivity contribution in [3.8, 4) is 0 Å². The number of carbonyl (C=O) groups is 1. The van der Waals surface area contributed by atoms with Crippen molar-refractivity contribution in [2.24, 2.45) is 0 Å². The number of alkyl halides is 3. The summed E-state index contributed by atoms with van der Waals surface area (Å²) in [5.41, 5.74) is 0.610. The van der Waals surface area contributed by atoms with E-state index < -0.39 is 18.3 Å². The van der Waals surface area contributed by atoms with Gasteiger partial charge in [-0.05, 0) is 43.9 Å². The number of aromatic nitrogens is 2. The summed E-state index contributed by atoms with van der Waals surface area (Å²) in [5.74, 6) is -0.175. The molecule has 1 amide bonds. The van der Waals surface area contributed by atoms with Crippen LogP contribution in [0.15, 0.2) is 24.3 Å². The third-order valence-corrected chi connectivity index (χ3v) is 6.56. The minimum atomic E-state index is -4.52. The van der Waals surface area contributed by atoms with E-state index in [2.05, 4.69) is 10.4 Å². The van der Waals surface area contributed by atoms with Crippen LogP contribution in [-0.2, 0) is 0 Å². The van der Waals surface area contributed by atoms with Gasteiger partial charge in [0, 0.05) is 25.1 Å². The van der Waals surface area contributed by atoms with Crippen LogP contribution in [0.1, 0.15) is 60.7 Å². The summed E-state index contributed by atoms with van der Waals surface area (Å²) in [6.45, 7) is 2.54. The first kappa shape index (κ1) is 21.3. The van der Waals surface area contributed by atoms with Gasteiger partial charge in [0.15, 0.2) is 11.7 Å². The predicted molar refractivity (Wildman–Crippen MR) is 109 cm³/mol. The number of amides is 1. The molecule has 1 aromatic carbocycles. The highest BCUT2D eigenvalue weighted by Crippen LogP contribution is 2.44. The molecule has 1 aromatic heterocycles. The average molecular weight is 461 g/mol. The van der Waals surface area contributed by atoms with Gasteiger partial charge in [0.1, 0.15) is 5.82 Å². The van der Waals surface area contributed by atoms with Crippen molar-refractivity contribution in [3.63, 3.8) is 0 Å². The number of hydrogen-bond acceptors (Lipinski definition) is 3. The van der Waals surface area contributed by atoms with Gasteiger partial charge in [0.05, 0.1) is 16.1 Å². The number of piperidine rings is 1. The summed E-state index contributed by atoms with van der Waals surface area (Å²) in [6, 6.07) is 3.71. The molecule has 0 radical (unpaired) electrons. The first-order valence-corrected chi connectivity index (χ1v) is 10.6. The number of halogens is 5. The van der Waals surface area contributed by atoms with E-state index in [0.717, 1.165) is 23.9 Å². The number of anilines is 1. The molecule has 0 unspecified atom stereocenters. The maximum Gasteiger partial charge on any atom is 0.410 e. The van der Waals surface area contributed by atoms with Crippen LogP contribution in [0.3, 0.4) is 0 Å². The van der Waals surface area contributed by atoms with Gasteiger partial charge in [0.25, 0.3) is 5.91 Å². The quantitative estimate of drug-likeness (QED) is 0.609. The molecule has 1 fully saturated rings. The standard InChI is InChI=1S/C20H21Cl2F3N4O/c1-11-4-2-3-7-28(11)19(30)16-10-18-26-15(12-5-6-13(21)14(22)8-12)9-17(20(23,24)25)29(18)27-16/h5-6,8,10-11,15,17,26H,2-4,7,9H2,1H3/t11-,15-,17+/m1/s1. The summed E-state index contributed by atoms with van der Waals surface area (Å²) in [6.07, 6.45) is -2.00. The molecule has 2 aromatic rings. The third-order valence-electron chi connectivity index (χ3n) is 5.82. The number of rotatable bonds is 2. The Labute approximate surface area is 182 Å². The van der Waals surface area contributed by atoms with Crippen molar-refractivity contribution in [2.45, 2.75) is 56.9 Å². The Balaban J connectivity index is 1.68. The fraction of sp³-hybridized carbons (Fsp3) is 0.500. The average Bonchev–Trinajstić information content (AvgIpc) is 3.12. The lowest BCUT2D eigenvalue weighted by molar-refractivity contribution is -0.173. The van der Waals surface area contributed by atoms with Gasteiger partial charge in [0.2, 0.25) is 0 Å². The van der Waals surface area contributed by atoms with Crippen molar-refractivity contribution < 1.29 is 18.0 Å². The smallest absolute Gasteiger partial charge is 0.363 e. The Kier molecular flexibility index (Phi) is 5.66. The first-order chi connectivity index (χ1) is 14.1. The Hall–Kier alpha value is -1.93. The molecule has 0 spiro atoms. The Bertz CT molecular complexity index is 962. The highest BCUT2D eigenvalue weighted by atomic mass is 35.5. The van der Waals surface area contributed by atoms with E-state index in [4.69, 9.17) is 23.2 Å². The number of nitrogens with one attached hydrogen (secondary N) is 1. The molecule has 2 aliphatic heterocycles. The molecule has 3 heterocycles. The zero-order valence-electron chi connectivity index (χ0n) is 16.2. The lowest BCUT2D eigenvalue weighted by Gasteiger charge is -2.33. The molecule has 1 N–H and O–H groups in total. The van der Waals surface area contributed by atoms with Crippen molar-refractivity contribution in [2.75, 3.05) is 11.9 Å². The summed E-state index contributed by atoms with van der Waals surface area (Å²) in [4.78, 5) is 14.6. The minimum absolute atomic E-state index is 0.0234. The molecule has 3 atom stereocenters. The van der Waals surface area contributed by atoms with Gasteiger partial charge in [-0.25, -0.2) is 4.68 Å². The van der Waals surface area contributed by atoms with Gasteiger partial charge in [-0.3, -0.25) is 4.79 Å². The van der Waals surface area contributed by atoms with Crippen molar-refractivity contribution in [1.29, 1.82) is 0 Å². The van der Waals surface area contributed by atoms with Gasteiger partial charge in [-0.15, -0.1) is 0 Å². The van der Waals surface area contributed by atoms with Crippen LogP contribution in [0.25, 0.3) is 0 Å². The number of nitrogens with zero attached hydrogens (tertiary/aromatic N) is 3. The Morgan fingerprint density at radius 2 is 1.97 bits per heavy atom. The molecule has 162 valence electrons. The van der Waals surface area contributed by atoms with Crippen LogP contribution < -0.4 is 5.32 Å². The SMILES string of the molecule is C[C@@H]1CCCCN1C(=O)c1cc2n(n1)[C@H](C(F)(F)F)C[C@H](c1ccc(Cl)c(Cl)c1)N2. The third kappa shape index (κ3) is 3.99. The predicted octanol–water partition coefficient (Wildman–Crippen LogP) is 5.86. The molecular weight excluding hydrogens is 440 g/mol. The molecule has 4 rings (SSSR count). The van der Waals surface area contributed by atoms with Crippen molar-refractivity contribution in [3.05, 3.63) is 45.6 Å². The highest BCUT2D eigenvalue weighted by molar-refractivity contribution is 6.42. The molecule has 10 heteroatoms. The summed E-state index contributed by atoms with van der Waals surface area (Å²) >= 11 is 12.0. The maximum absolute atomic E-state index is 13.8. The van der Waals surface area contributed by atoms with E-state index >= 15 is 0 Å². The van der Waals surface area contributed by atoms with E-state index in [1.54, 1.807) is 23.1 Å². The Morgan fingerprint density at radius 3 is 2.63 bits per heavy atom. The molecular formula is C20H21Cl2F3N4O. The maximum atomic E-state index is 13.8. The van der Waals surface area contributed by atoms with Gasteiger partial charge >= 0.3 is 6.18 Å². The number of carbonyl (C=O) groups excluding carboxylic acids is 1. The summed E-state index contributed by atoms with van der Waals surface area (Å²) in [5, 5.41) is 7.75. The van der Waals surface area contributed by atoms with E-state index in [0.29, 0.717) is 17.1 Å². The monoisotopic (exact) mass is 460 g/mol. The Morgan fingerprint density at radius 1 is 1.20 bits per heavy atom. The van der Waals surface area contributed by atoms with Gasteiger partial charge in [-0.2, -0.15) is 18.3 Å². The largest absolute Gasteiger partial charge is 0.410 e.